The number of benzene rings is 1. The highest BCUT2D eigenvalue weighted by molar-refractivity contribution is 8.18. The zero-order chi connectivity index (χ0) is 22.5. The van der Waals surface area contributed by atoms with Gasteiger partial charge in [0, 0.05) is 25.8 Å². The molecule has 4 rings (SSSR count). The number of aryl methyl sites for hydroxylation is 1. The summed E-state index contributed by atoms with van der Waals surface area (Å²) in [4.78, 5) is 27.7. The van der Waals surface area contributed by atoms with Crippen LogP contribution in [0.4, 0.5) is 10.8 Å². The molecule has 7 nitrogen and oxygen atoms in total. The monoisotopic (exact) mass is 471 g/mol. The lowest BCUT2D eigenvalue weighted by molar-refractivity contribution is -0.115. The van der Waals surface area contributed by atoms with Gasteiger partial charge < -0.3 is 19.9 Å². The highest BCUT2D eigenvalue weighted by Gasteiger charge is 2.24. The third kappa shape index (κ3) is 5.90. The number of nitrogens with one attached hydrogen (secondary N) is 1. The molecule has 1 aromatic carbocycles. The summed E-state index contributed by atoms with van der Waals surface area (Å²) in [5, 5.41) is 4.50. The van der Waals surface area contributed by atoms with Crippen LogP contribution in [0.25, 0.3) is 6.08 Å². The van der Waals surface area contributed by atoms with Crippen molar-refractivity contribution in [1.29, 1.82) is 0 Å². The number of carbonyl (C=O) groups is 1. The molecular formula is C23H29N5O2S2. The van der Waals surface area contributed by atoms with Crippen LogP contribution in [0.15, 0.2) is 34.3 Å². The molecule has 2 fully saturated rings. The van der Waals surface area contributed by atoms with Gasteiger partial charge in [-0.15, -0.1) is 0 Å². The summed E-state index contributed by atoms with van der Waals surface area (Å²) in [6, 6.07) is 5.82. The Hall–Kier alpha value is -2.36. The topological polar surface area (TPSA) is 70.1 Å². The summed E-state index contributed by atoms with van der Waals surface area (Å²) in [6.07, 6.45) is 7.49. The number of thioether (sulfide) groups is 1. The SMILES string of the molecule is Cc1cc(OCCN(C)C)ccc1/N=C1/NC(=O)/C(=C/c2cnc(N3CCCCC3)s2)S1. The number of piperidine rings is 1. The number of carbonyl (C=O) groups excluding carboxylic acids is 1. The number of rotatable bonds is 7. The van der Waals surface area contributed by atoms with E-state index >= 15 is 0 Å². The van der Waals surface area contributed by atoms with Crippen LogP contribution in [-0.2, 0) is 4.79 Å². The van der Waals surface area contributed by atoms with Gasteiger partial charge in [0.15, 0.2) is 10.3 Å². The van der Waals surface area contributed by atoms with Crippen LogP contribution in [0.1, 0.15) is 29.7 Å². The molecule has 0 saturated carbocycles. The third-order valence-electron chi connectivity index (χ3n) is 5.26. The number of likely N-dealkylation sites (N-methyl/N-ethyl adjacent to an activating group) is 1. The molecule has 3 heterocycles. The van der Waals surface area contributed by atoms with Crippen molar-refractivity contribution in [1.82, 2.24) is 15.2 Å². The van der Waals surface area contributed by atoms with Gasteiger partial charge in [-0.2, -0.15) is 0 Å². The summed E-state index contributed by atoms with van der Waals surface area (Å²) in [6.45, 7) is 5.62. The first kappa shape index (κ1) is 22.8. The van der Waals surface area contributed by atoms with E-state index in [1.54, 1.807) is 11.3 Å². The van der Waals surface area contributed by atoms with Crippen molar-refractivity contribution in [3.05, 3.63) is 39.7 Å². The second kappa shape index (κ2) is 10.5. The minimum absolute atomic E-state index is 0.122. The maximum Gasteiger partial charge on any atom is 0.264 e. The lowest BCUT2D eigenvalue weighted by Crippen LogP contribution is -2.29. The Morgan fingerprint density at radius 2 is 2.09 bits per heavy atom. The quantitative estimate of drug-likeness (QED) is 0.608. The normalized spacial score (nSPS) is 19.2. The average molecular weight is 472 g/mol. The molecule has 1 aromatic heterocycles. The van der Waals surface area contributed by atoms with Gasteiger partial charge in [-0.25, -0.2) is 9.98 Å². The van der Waals surface area contributed by atoms with Crippen molar-refractivity contribution < 1.29 is 9.53 Å². The largest absolute Gasteiger partial charge is 0.492 e. The number of nitrogens with zero attached hydrogens (tertiary/aromatic N) is 4. The van der Waals surface area contributed by atoms with Crippen LogP contribution in [0.2, 0.25) is 0 Å². The average Bonchev–Trinajstić information content (AvgIpc) is 3.37. The number of aliphatic imine (C=N–C) groups is 1. The van der Waals surface area contributed by atoms with Gasteiger partial charge >= 0.3 is 0 Å². The predicted molar refractivity (Wildman–Crippen MR) is 134 cm³/mol. The van der Waals surface area contributed by atoms with E-state index in [9.17, 15) is 4.79 Å². The van der Waals surface area contributed by atoms with Crippen LogP contribution < -0.4 is 15.0 Å². The molecule has 0 bridgehead atoms. The van der Waals surface area contributed by atoms with Crippen molar-refractivity contribution in [3.63, 3.8) is 0 Å². The molecule has 32 heavy (non-hydrogen) atoms. The van der Waals surface area contributed by atoms with E-state index in [0.717, 1.165) is 46.6 Å². The summed E-state index contributed by atoms with van der Waals surface area (Å²) < 4.78 is 5.79. The lowest BCUT2D eigenvalue weighted by atomic mass is 10.1. The number of anilines is 1. The van der Waals surface area contributed by atoms with E-state index < -0.39 is 0 Å². The van der Waals surface area contributed by atoms with Gasteiger partial charge in [0.1, 0.15) is 12.4 Å². The number of amidine groups is 1. The van der Waals surface area contributed by atoms with Gasteiger partial charge in [-0.05, 0) is 81.9 Å². The molecule has 2 saturated heterocycles. The molecule has 170 valence electrons. The molecule has 0 spiro atoms. The first-order valence-corrected chi connectivity index (χ1v) is 12.5. The van der Waals surface area contributed by atoms with Crippen molar-refractivity contribution in [3.8, 4) is 5.75 Å². The smallest absolute Gasteiger partial charge is 0.264 e. The Morgan fingerprint density at radius 1 is 1.28 bits per heavy atom. The molecule has 1 amide bonds. The lowest BCUT2D eigenvalue weighted by Gasteiger charge is -2.25. The second-order valence-corrected chi connectivity index (χ2v) is 10.2. The number of ether oxygens (including phenoxy) is 1. The summed E-state index contributed by atoms with van der Waals surface area (Å²) in [5.74, 6) is 0.703. The third-order valence-corrected chi connectivity index (χ3v) is 7.17. The Bertz CT molecular complexity index is 1030. The molecule has 0 atom stereocenters. The first-order valence-electron chi connectivity index (χ1n) is 10.9. The van der Waals surface area contributed by atoms with E-state index in [4.69, 9.17) is 4.74 Å². The fourth-order valence-corrected chi connectivity index (χ4v) is 5.29. The summed E-state index contributed by atoms with van der Waals surface area (Å²) in [7, 11) is 4.04. The van der Waals surface area contributed by atoms with Gasteiger partial charge in [0.25, 0.3) is 5.91 Å². The first-order chi connectivity index (χ1) is 15.5. The standard InChI is InChI=1S/C23H29N5O2S2/c1-16-13-17(30-12-11-27(2)3)7-8-19(16)25-22-26-21(29)20(32-22)14-18-15-24-23(31-18)28-9-5-4-6-10-28/h7-8,13-15H,4-6,9-12H2,1-3H3,(H,25,26,29)/b20-14-. The highest BCUT2D eigenvalue weighted by Crippen LogP contribution is 2.33. The maximum atomic E-state index is 12.5. The van der Waals surface area contributed by atoms with Crippen LogP contribution in [0, 0.1) is 6.92 Å². The molecule has 0 aliphatic carbocycles. The molecule has 0 unspecified atom stereocenters. The Balaban J connectivity index is 1.41. The number of hydrogen-bond donors (Lipinski definition) is 1. The zero-order valence-corrected chi connectivity index (χ0v) is 20.4. The van der Waals surface area contributed by atoms with Gasteiger partial charge in [0.2, 0.25) is 0 Å². The molecule has 2 aliphatic heterocycles. The molecule has 2 aromatic rings. The van der Waals surface area contributed by atoms with E-state index in [2.05, 4.69) is 25.1 Å². The minimum atomic E-state index is -0.122. The van der Waals surface area contributed by atoms with Crippen molar-refractivity contribution >= 4 is 51.1 Å². The second-order valence-electron chi connectivity index (χ2n) is 8.17. The molecular weight excluding hydrogens is 442 g/mol. The van der Waals surface area contributed by atoms with E-state index in [-0.39, 0.29) is 5.91 Å². The molecule has 1 N–H and O–H groups in total. The van der Waals surface area contributed by atoms with Gasteiger partial charge in [-0.3, -0.25) is 4.79 Å². The molecule has 0 radical (unpaired) electrons. The van der Waals surface area contributed by atoms with E-state index in [1.165, 1.54) is 31.0 Å². The predicted octanol–water partition coefficient (Wildman–Crippen LogP) is 4.27. The van der Waals surface area contributed by atoms with Crippen molar-refractivity contribution in [2.45, 2.75) is 26.2 Å². The van der Waals surface area contributed by atoms with Gasteiger partial charge in [0.05, 0.1) is 15.5 Å². The summed E-state index contributed by atoms with van der Waals surface area (Å²) in [5.41, 5.74) is 1.82. The van der Waals surface area contributed by atoms with Crippen LogP contribution >= 0.6 is 23.1 Å². The van der Waals surface area contributed by atoms with Crippen LogP contribution in [-0.4, -0.2) is 61.3 Å². The number of aromatic nitrogens is 1. The van der Waals surface area contributed by atoms with E-state index in [1.807, 2.05) is 51.5 Å². The Labute approximate surface area is 197 Å². The van der Waals surface area contributed by atoms with Crippen molar-refractivity contribution in [2.75, 3.05) is 45.2 Å². The van der Waals surface area contributed by atoms with Crippen molar-refractivity contribution in [2.24, 2.45) is 4.99 Å². The minimum Gasteiger partial charge on any atom is -0.492 e. The van der Waals surface area contributed by atoms with Crippen LogP contribution in [0.5, 0.6) is 5.75 Å². The number of hydrogen-bond acceptors (Lipinski definition) is 8. The van der Waals surface area contributed by atoms with E-state index in [0.29, 0.717) is 16.7 Å². The Kier molecular flexibility index (Phi) is 7.49. The fraction of sp³-hybridized carbons (Fsp3) is 0.435. The maximum absolute atomic E-state index is 12.5. The van der Waals surface area contributed by atoms with Gasteiger partial charge in [-0.1, -0.05) is 11.3 Å². The molecule has 2 aliphatic rings. The van der Waals surface area contributed by atoms with Crippen LogP contribution in [0.3, 0.4) is 0 Å². The highest BCUT2D eigenvalue weighted by atomic mass is 32.2. The molecule has 9 heteroatoms. The number of amides is 1. The Morgan fingerprint density at radius 3 is 2.84 bits per heavy atom. The summed E-state index contributed by atoms with van der Waals surface area (Å²) >= 11 is 3.00. The fourth-order valence-electron chi connectivity index (χ4n) is 3.48. The number of thiazole rings is 1. The zero-order valence-electron chi connectivity index (χ0n) is 18.8.